The Hall–Kier alpha value is -2.09. The van der Waals surface area contributed by atoms with Crippen molar-refractivity contribution in [3.8, 4) is 6.07 Å². The van der Waals surface area contributed by atoms with Crippen molar-refractivity contribution in [3.05, 3.63) is 23.4 Å². The molecule has 0 spiro atoms. The number of nitrogens with one attached hydrogen (secondary N) is 1. The van der Waals surface area contributed by atoms with Gasteiger partial charge in [0.2, 0.25) is 5.91 Å². The van der Waals surface area contributed by atoms with E-state index in [1.165, 1.54) is 0 Å². The van der Waals surface area contributed by atoms with E-state index in [1.807, 2.05) is 18.7 Å². The highest BCUT2D eigenvalue weighted by molar-refractivity contribution is 5.86. The van der Waals surface area contributed by atoms with E-state index in [1.54, 1.807) is 12.1 Å². The van der Waals surface area contributed by atoms with Gasteiger partial charge in [-0.05, 0) is 26.0 Å². The van der Waals surface area contributed by atoms with E-state index >= 15 is 0 Å². The predicted octanol–water partition coefficient (Wildman–Crippen LogP) is 0.586. The molecule has 0 saturated carbocycles. The fraction of sp³-hybridized carbons (Fsp3) is 0.417. The molecule has 0 aromatic carbocycles. The normalized spacial score (nSPS) is 19.7. The van der Waals surface area contributed by atoms with Crippen LogP contribution in [0.1, 0.15) is 18.2 Å². The zero-order chi connectivity index (χ0) is 12.4. The molecule has 0 radical (unpaired) electrons. The van der Waals surface area contributed by atoms with Crippen molar-refractivity contribution in [2.24, 2.45) is 0 Å². The molecule has 0 bridgehead atoms. The quantitative estimate of drug-likeness (QED) is 0.766. The van der Waals surface area contributed by atoms with Gasteiger partial charge in [-0.25, -0.2) is 4.98 Å². The molecule has 1 amide bonds. The molecule has 17 heavy (non-hydrogen) atoms. The Kier molecular flexibility index (Phi) is 2.96. The second kappa shape index (κ2) is 4.42. The lowest BCUT2D eigenvalue weighted by Gasteiger charge is -2.34. The molecule has 1 atom stereocenters. The van der Waals surface area contributed by atoms with Crippen molar-refractivity contribution >= 4 is 11.7 Å². The van der Waals surface area contributed by atoms with Gasteiger partial charge in [0.25, 0.3) is 0 Å². The lowest BCUT2D eigenvalue weighted by Crippen LogP contribution is -2.54. The van der Waals surface area contributed by atoms with E-state index in [0.29, 0.717) is 24.5 Å². The number of carbonyl (C=O) groups excluding carboxylic acids is 1. The van der Waals surface area contributed by atoms with E-state index in [0.717, 1.165) is 5.69 Å². The van der Waals surface area contributed by atoms with Gasteiger partial charge in [0.15, 0.2) is 0 Å². The monoisotopic (exact) mass is 230 g/mol. The topological polar surface area (TPSA) is 69.0 Å². The van der Waals surface area contributed by atoms with Crippen LogP contribution in [0, 0.1) is 18.3 Å². The van der Waals surface area contributed by atoms with Crippen molar-refractivity contribution in [2.45, 2.75) is 19.9 Å². The van der Waals surface area contributed by atoms with Crippen LogP contribution in [0.15, 0.2) is 12.1 Å². The number of anilines is 1. The van der Waals surface area contributed by atoms with Gasteiger partial charge in [-0.2, -0.15) is 5.26 Å². The smallest absolute Gasteiger partial charge is 0.242 e. The molecule has 1 N–H and O–H groups in total. The van der Waals surface area contributed by atoms with Crippen LogP contribution in [0.2, 0.25) is 0 Å². The van der Waals surface area contributed by atoms with Crippen LogP contribution < -0.4 is 10.2 Å². The number of hydrogen-bond acceptors (Lipinski definition) is 4. The van der Waals surface area contributed by atoms with Gasteiger partial charge >= 0.3 is 0 Å². The lowest BCUT2D eigenvalue weighted by atomic mass is 10.1. The van der Waals surface area contributed by atoms with Crippen molar-refractivity contribution in [1.29, 1.82) is 5.26 Å². The molecule has 5 heteroatoms. The first-order valence-electron chi connectivity index (χ1n) is 5.55. The minimum Gasteiger partial charge on any atom is -0.353 e. The number of rotatable bonds is 1. The van der Waals surface area contributed by atoms with Crippen LogP contribution in [-0.2, 0) is 4.79 Å². The zero-order valence-corrected chi connectivity index (χ0v) is 9.90. The maximum atomic E-state index is 11.6. The first-order chi connectivity index (χ1) is 8.13. The summed E-state index contributed by atoms with van der Waals surface area (Å²) in [7, 11) is 0. The molecular weight excluding hydrogens is 216 g/mol. The summed E-state index contributed by atoms with van der Waals surface area (Å²) in [6.45, 7) is 4.96. The Morgan fingerprint density at radius 3 is 3.06 bits per heavy atom. The van der Waals surface area contributed by atoms with Gasteiger partial charge in [-0.15, -0.1) is 0 Å². The number of aryl methyl sites for hydroxylation is 1. The number of nitriles is 1. The van der Waals surface area contributed by atoms with Gasteiger partial charge in [-0.3, -0.25) is 4.79 Å². The highest BCUT2D eigenvalue weighted by atomic mass is 16.2. The molecule has 1 aromatic rings. The number of pyridine rings is 1. The van der Waals surface area contributed by atoms with Crippen LogP contribution in [0.3, 0.4) is 0 Å². The Balaban J connectivity index is 2.42. The summed E-state index contributed by atoms with van der Waals surface area (Å²) in [6, 6.07) is 5.38. The predicted molar refractivity (Wildman–Crippen MR) is 63.5 cm³/mol. The van der Waals surface area contributed by atoms with Crippen LogP contribution in [0.4, 0.5) is 5.82 Å². The van der Waals surface area contributed by atoms with E-state index in [4.69, 9.17) is 5.26 Å². The molecule has 1 aromatic heterocycles. The van der Waals surface area contributed by atoms with Crippen molar-refractivity contribution in [1.82, 2.24) is 10.3 Å². The zero-order valence-electron chi connectivity index (χ0n) is 9.90. The molecule has 1 unspecified atom stereocenters. The Morgan fingerprint density at radius 1 is 1.59 bits per heavy atom. The lowest BCUT2D eigenvalue weighted by molar-refractivity contribution is -0.122. The SMILES string of the molecule is Cc1ccc(C#N)c(N2CCNC(=O)C2C)n1. The molecule has 88 valence electrons. The van der Waals surface area contributed by atoms with Crippen molar-refractivity contribution in [2.75, 3.05) is 18.0 Å². The van der Waals surface area contributed by atoms with Gasteiger partial charge in [0.05, 0.1) is 5.56 Å². The molecule has 1 aliphatic rings. The minimum atomic E-state index is -0.287. The third-order valence-electron chi connectivity index (χ3n) is 2.91. The Morgan fingerprint density at radius 2 is 2.35 bits per heavy atom. The number of nitrogens with zero attached hydrogens (tertiary/aromatic N) is 3. The number of piperazine rings is 1. The number of amides is 1. The summed E-state index contributed by atoms with van der Waals surface area (Å²) in [4.78, 5) is 17.9. The molecule has 0 aliphatic carbocycles. The largest absolute Gasteiger partial charge is 0.353 e. The summed E-state index contributed by atoms with van der Waals surface area (Å²) in [5, 5.41) is 11.9. The fourth-order valence-corrected chi connectivity index (χ4v) is 1.92. The second-order valence-electron chi connectivity index (χ2n) is 4.10. The first-order valence-corrected chi connectivity index (χ1v) is 5.55. The number of aromatic nitrogens is 1. The standard InChI is InChI=1S/C12H14N4O/c1-8-3-4-10(7-13)11(15-8)16-6-5-14-12(17)9(16)2/h3-4,9H,5-6H2,1-2H3,(H,14,17). The van der Waals surface area contributed by atoms with Crippen LogP contribution in [-0.4, -0.2) is 30.0 Å². The van der Waals surface area contributed by atoms with Crippen LogP contribution in [0.25, 0.3) is 0 Å². The molecule has 2 heterocycles. The number of hydrogen-bond donors (Lipinski definition) is 1. The summed E-state index contributed by atoms with van der Waals surface area (Å²) in [5.74, 6) is 0.582. The molecule has 1 aliphatic heterocycles. The van der Waals surface area contributed by atoms with E-state index in [9.17, 15) is 4.79 Å². The van der Waals surface area contributed by atoms with Gasteiger partial charge in [0.1, 0.15) is 17.9 Å². The highest BCUT2D eigenvalue weighted by Gasteiger charge is 2.28. The Labute approximate surface area is 100 Å². The van der Waals surface area contributed by atoms with Gasteiger partial charge < -0.3 is 10.2 Å². The summed E-state index contributed by atoms with van der Waals surface area (Å²) < 4.78 is 0. The summed E-state index contributed by atoms with van der Waals surface area (Å²) >= 11 is 0. The second-order valence-corrected chi connectivity index (χ2v) is 4.10. The van der Waals surface area contributed by atoms with Crippen LogP contribution >= 0.6 is 0 Å². The van der Waals surface area contributed by atoms with E-state index in [-0.39, 0.29) is 11.9 Å². The highest BCUT2D eigenvalue weighted by Crippen LogP contribution is 2.21. The van der Waals surface area contributed by atoms with Gasteiger partial charge in [-0.1, -0.05) is 0 Å². The van der Waals surface area contributed by atoms with E-state index in [2.05, 4.69) is 16.4 Å². The maximum absolute atomic E-state index is 11.6. The average Bonchev–Trinajstić information content (AvgIpc) is 2.33. The summed E-state index contributed by atoms with van der Waals surface area (Å²) in [6.07, 6.45) is 0. The fourth-order valence-electron chi connectivity index (χ4n) is 1.92. The van der Waals surface area contributed by atoms with Crippen LogP contribution in [0.5, 0.6) is 0 Å². The van der Waals surface area contributed by atoms with Gasteiger partial charge in [0, 0.05) is 18.8 Å². The summed E-state index contributed by atoms with van der Waals surface area (Å²) in [5.41, 5.74) is 1.36. The molecular formula is C12H14N4O. The third-order valence-corrected chi connectivity index (χ3v) is 2.91. The average molecular weight is 230 g/mol. The first kappa shape index (κ1) is 11.4. The Bertz CT molecular complexity index is 492. The molecule has 1 fully saturated rings. The molecule has 1 saturated heterocycles. The van der Waals surface area contributed by atoms with E-state index < -0.39 is 0 Å². The molecule has 2 rings (SSSR count). The van der Waals surface area contributed by atoms with Crippen molar-refractivity contribution in [3.63, 3.8) is 0 Å². The van der Waals surface area contributed by atoms with Crippen molar-refractivity contribution < 1.29 is 4.79 Å². The number of carbonyl (C=O) groups is 1. The molecule has 5 nitrogen and oxygen atoms in total. The maximum Gasteiger partial charge on any atom is 0.242 e. The third kappa shape index (κ3) is 2.07. The minimum absolute atomic E-state index is 0.0246.